The van der Waals surface area contributed by atoms with E-state index in [-0.39, 0.29) is 0 Å². The van der Waals surface area contributed by atoms with Gasteiger partial charge in [0.1, 0.15) is 0 Å². The molecule has 2 aromatic carbocycles. The number of rotatable bonds is 5. The van der Waals surface area contributed by atoms with E-state index < -0.39 is 0 Å². The van der Waals surface area contributed by atoms with Crippen LogP contribution in [-0.4, -0.2) is 0 Å². The van der Waals surface area contributed by atoms with Crippen LogP contribution < -0.4 is 5.32 Å². The number of thiophene rings is 1. The first-order valence-electron chi connectivity index (χ1n) is 7.24. The molecular formula is C19H19NS. The Kier molecular flexibility index (Phi) is 4.49. The smallest absolute Gasteiger partial charge is 0.0305 e. The van der Waals surface area contributed by atoms with Crippen molar-refractivity contribution < 1.29 is 0 Å². The molecule has 3 aromatic rings. The van der Waals surface area contributed by atoms with Crippen molar-refractivity contribution in [2.24, 2.45) is 0 Å². The molecule has 0 aliphatic carbocycles. The topological polar surface area (TPSA) is 12.0 Å². The molecule has 0 spiro atoms. The van der Waals surface area contributed by atoms with Gasteiger partial charge in [0, 0.05) is 17.5 Å². The molecule has 3 rings (SSSR count). The van der Waals surface area contributed by atoms with Crippen LogP contribution in [-0.2, 0) is 6.54 Å². The Morgan fingerprint density at radius 3 is 2.24 bits per heavy atom. The predicted molar refractivity (Wildman–Crippen MR) is 91.5 cm³/mol. The second-order valence-corrected chi connectivity index (χ2v) is 6.20. The van der Waals surface area contributed by atoms with E-state index in [1.807, 2.05) is 0 Å². The zero-order valence-electron chi connectivity index (χ0n) is 12.1. The van der Waals surface area contributed by atoms with Crippen LogP contribution in [0.4, 0.5) is 0 Å². The zero-order chi connectivity index (χ0) is 14.5. The van der Waals surface area contributed by atoms with Crippen LogP contribution >= 0.6 is 11.3 Å². The highest BCUT2D eigenvalue weighted by atomic mass is 32.1. The predicted octanol–water partition coefficient (Wildman–Crippen LogP) is 5.27. The van der Waals surface area contributed by atoms with Crippen LogP contribution in [0.5, 0.6) is 0 Å². The summed E-state index contributed by atoms with van der Waals surface area (Å²) in [5.74, 6) is 0. The van der Waals surface area contributed by atoms with E-state index in [0.29, 0.717) is 6.04 Å². The summed E-state index contributed by atoms with van der Waals surface area (Å²) in [4.78, 5) is 1.38. The van der Waals surface area contributed by atoms with Crippen LogP contribution in [0, 0.1) is 0 Å². The molecule has 1 heterocycles. The Bertz CT molecular complexity index is 657. The molecule has 0 saturated heterocycles. The van der Waals surface area contributed by atoms with Crippen molar-refractivity contribution in [1.29, 1.82) is 0 Å². The summed E-state index contributed by atoms with van der Waals surface area (Å²) in [5.41, 5.74) is 3.86. The number of benzene rings is 2. The fourth-order valence-electron chi connectivity index (χ4n) is 2.38. The van der Waals surface area contributed by atoms with Crippen LogP contribution in [0.3, 0.4) is 0 Å². The van der Waals surface area contributed by atoms with Gasteiger partial charge in [-0.05, 0) is 35.1 Å². The lowest BCUT2D eigenvalue weighted by Gasteiger charge is -2.14. The van der Waals surface area contributed by atoms with E-state index in [4.69, 9.17) is 0 Å². The van der Waals surface area contributed by atoms with Gasteiger partial charge in [-0.15, -0.1) is 11.3 Å². The summed E-state index contributed by atoms with van der Waals surface area (Å²) in [5, 5.41) is 5.69. The Hall–Kier alpha value is -1.90. The third kappa shape index (κ3) is 3.60. The Morgan fingerprint density at radius 2 is 1.57 bits per heavy atom. The van der Waals surface area contributed by atoms with Crippen molar-refractivity contribution in [1.82, 2.24) is 5.32 Å². The summed E-state index contributed by atoms with van der Waals surface area (Å²) < 4.78 is 0. The summed E-state index contributed by atoms with van der Waals surface area (Å²) >= 11 is 1.80. The molecule has 1 unspecified atom stereocenters. The van der Waals surface area contributed by atoms with Gasteiger partial charge in [0.05, 0.1) is 0 Å². The van der Waals surface area contributed by atoms with E-state index in [1.165, 1.54) is 21.6 Å². The molecule has 0 amide bonds. The highest BCUT2D eigenvalue weighted by Crippen LogP contribution is 2.22. The van der Waals surface area contributed by atoms with E-state index >= 15 is 0 Å². The molecule has 1 N–H and O–H groups in total. The van der Waals surface area contributed by atoms with Crippen molar-refractivity contribution in [2.45, 2.75) is 19.5 Å². The summed E-state index contributed by atoms with van der Waals surface area (Å²) in [6, 6.07) is 24.0. The monoisotopic (exact) mass is 293 g/mol. The van der Waals surface area contributed by atoms with Crippen LogP contribution in [0.1, 0.15) is 23.4 Å². The first-order valence-corrected chi connectivity index (χ1v) is 8.12. The van der Waals surface area contributed by atoms with Gasteiger partial charge >= 0.3 is 0 Å². The Balaban J connectivity index is 1.66. The van der Waals surface area contributed by atoms with Crippen molar-refractivity contribution in [3.63, 3.8) is 0 Å². The molecule has 0 saturated carbocycles. The van der Waals surface area contributed by atoms with Gasteiger partial charge in [0.25, 0.3) is 0 Å². The molecule has 1 aromatic heterocycles. The van der Waals surface area contributed by atoms with Gasteiger partial charge < -0.3 is 5.32 Å². The average molecular weight is 293 g/mol. The minimum atomic E-state index is 0.358. The molecule has 0 radical (unpaired) electrons. The van der Waals surface area contributed by atoms with Gasteiger partial charge in [-0.3, -0.25) is 0 Å². The molecule has 0 fully saturated rings. The zero-order valence-corrected chi connectivity index (χ0v) is 12.9. The van der Waals surface area contributed by atoms with E-state index in [2.05, 4.69) is 84.4 Å². The van der Waals surface area contributed by atoms with Crippen molar-refractivity contribution in [2.75, 3.05) is 0 Å². The van der Waals surface area contributed by atoms with Gasteiger partial charge in [-0.1, -0.05) is 60.7 Å². The van der Waals surface area contributed by atoms with Gasteiger partial charge in [-0.25, -0.2) is 0 Å². The number of hydrogen-bond acceptors (Lipinski definition) is 2. The second-order valence-electron chi connectivity index (χ2n) is 5.17. The maximum absolute atomic E-state index is 3.57. The summed E-state index contributed by atoms with van der Waals surface area (Å²) in [6.07, 6.45) is 0. The van der Waals surface area contributed by atoms with Crippen LogP contribution in [0.15, 0.2) is 72.1 Å². The maximum Gasteiger partial charge on any atom is 0.0305 e. The lowest BCUT2D eigenvalue weighted by molar-refractivity contribution is 0.579. The molecule has 1 atom stereocenters. The molecule has 0 bridgehead atoms. The Morgan fingerprint density at radius 1 is 0.857 bits per heavy atom. The lowest BCUT2D eigenvalue weighted by atomic mass is 10.0. The van der Waals surface area contributed by atoms with E-state index in [9.17, 15) is 0 Å². The highest BCUT2D eigenvalue weighted by molar-refractivity contribution is 7.09. The highest BCUT2D eigenvalue weighted by Gasteiger charge is 2.05. The number of hydrogen-bond donors (Lipinski definition) is 1. The molecule has 0 aliphatic rings. The third-order valence-electron chi connectivity index (χ3n) is 3.68. The fourth-order valence-corrected chi connectivity index (χ4v) is 3.04. The average Bonchev–Trinajstić information content (AvgIpc) is 3.07. The van der Waals surface area contributed by atoms with Gasteiger partial charge in [-0.2, -0.15) is 0 Å². The van der Waals surface area contributed by atoms with Crippen molar-refractivity contribution in [3.8, 4) is 11.1 Å². The third-order valence-corrected chi connectivity index (χ3v) is 4.56. The first kappa shape index (κ1) is 14.1. The maximum atomic E-state index is 3.57. The Labute approximate surface area is 130 Å². The van der Waals surface area contributed by atoms with Gasteiger partial charge in [0.15, 0.2) is 0 Å². The molecule has 0 aliphatic heterocycles. The largest absolute Gasteiger partial charge is 0.305 e. The molecular weight excluding hydrogens is 274 g/mol. The number of nitrogens with one attached hydrogen (secondary N) is 1. The van der Waals surface area contributed by atoms with Gasteiger partial charge in [0.2, 0.25) is 0 Å². The second kappa shape index (κ2) is 6.70. The van der Waals surface area contributed by atoms with Crippen LogP contribution in [0.2, 0.25) is 0 Å². The first-order chi connectivity index (χ1) is 10.3. The van der Waals surface area contributed by atoms with Crippen molar-refractivity contribution >= 4 is 11.3 Å². The quantitative estimate of drug-likeness (QED) is 0.676. The molecule has 106 valence electrons. The van der Waals surface area contributed by atoms with Crippen molar-refractivity contribution in [3.05, 3.63) is 82.6 Å². The molecule has 21 heavy (non-hydrogen) atoms. The molecule has 2 heteroatoms. The SMILES string of the molecule is CC(NCc1cccs1)c1ccc(-c2ccccc2)cc1. The normalized spacial score (nSPS) is 12.2. The standard InChI is InChI=1S/C19H19NS/c1-15(20-14-19-8-5-13-21-19)16-9-11-18(12-10-16)17-6-3-2-4-7-17/h2-13,15,20H,14H2,1H3. The van der Waals surface area contributed by atoms with E-state index in [1.54, 1.807) is 11.3 Å². The van der Waals surface area contributed by atoms with E-state index in [0.717, 1.165) is 6.54 Å². The summed E-state index contributed by atoms with van der Waals surface area (Å²) in [7, 11) is 0. The summed E-state index contributed by atoms with van der Waals surface area (Å²) in [6.45, 7) is 3.14. The lowest BCUT2D eigenvalue weighted by Crippen LogP contribution is -2.17. The van der Waals surface area contributed by atoms with Crippen LogP contribution in [0.25, 0.3) is 11.1 Å². The molecule has 1 nitrogen and oxygen atoms in total. The fraction of sp³-hybridized carbons (Fsp3) is 0.158. The minimum Gasteiger partial charge on any atom is -0.305 e. The minimum absolute atomic E-state index is 0.358.